The van der Waals surface area contributed by atoms with Gasteiger partial charge in [-0.15, -0.1) is 12.4 Å². The molecule has 0 unspecified atom stereocenters. The number of hydrogen-bond acceptors (Lipinski definition) is 2. The molecule has 0 atom stereocenters. The van der Waals surface area contributed by atoms with Gasteiger partial charge in [-0.2, -0.15) is 0 Å². The van der Waals surface area contributed by atoms with Gasteiger partial charge in [-0.3, -0.25) is 0 Å². The molecule has 5 heteroatoms. The van der Waals surface area contributed by atoms with Gasteiger partial charge < -0.3 is 10.1 Å². The van der Waals surface area contributed by atoms with E-state index < -0.39 is 5.82 Å². The fourth-order valence-corrected chi connectivity index (χ4v) is 1.09. The van der Waals surface area contributed by atoms with Crippen LogP contribution in [0.1, 0.15) is 0 Å². The van der Waals surface area contributed by atoms with E-state index in [9.17, 15) is 4.39 Å². The molecule has 1 N–H and O–H groups in total. The van der Waals surface area contributed by atoms with Crippen molar-refractivity contribution in [2.24, 2.45) is 0 Å². The summed E-state index contributed by atoms with van der Waals surface area (Å²) in [5.74, 6) is -0.303. The van der Waals surface area contributed by atoms with E-state index in [-0.39, 0.29) is 18.2 Å². The molecule has 1 aromatic carbocycles. The second-order valence-corrected chi connectivity index (χ2v) is 2.91. The SMILES string of the molecule is CNCCOc1c(F)cccc1Cl.Cl. The second kappa shape index (κ2) is 6.87. The Labute approximate surface area is 93.8 Å². The lowest BCUT2D eigenvalue weighted by molar-refractivity contribution is 0.303. The first-order chi connectivity index (χ1) is 6.25. The van der Waals surface area contributed by atoms with Crippen LogP contribution < -0.4 is 10.1 Å². The zero-order valence-corrected chi connectivity index (χ0v) is 9.29. The molecular weight excluding hydrogens is 228 g/mol. The van der Waals surface area contributed by atoms with Crippen molar-refractivity contribution in [3.05, 3.63) is 29.0 Å². The lowest BCUT2D eigenvalue weighted by atomic mass is 10.3. The first-order valence-electron chi connectivity index (χ1n) is 3.97. The number of likely N-dealkylation sites (N-methyl/N-ethyl adjacent to an activating group) is 1. The van der Waals surface area contributed by atoms with Crippen LogP contribution >= 0.6 is 24.0 Å². The Hall–Kier alpha value is -0.510. The zero-order chi connectivity index (χ0) is 9.68. The summed E-state index contributed by atoms with van der Waals surface area (Å²) in [7, 11) is 1.80. The van der Waals surface area contributed by atoms with Gasteiger partial charge in [0.1, 0.15) is 6.61 Å². The number of nitrogens with one attached hydrogen (secondary N) is 1. The van der Waals surface area contributed by atoms with Crippen molar-refractivity contribution in [3.8, 4) is 5.75 Å². The highest BCUT2D eigenvalue weighted by Gasteiger charge is 2.06. The van der Waals surface area contributed by atoms with E-state index >= 15 is 0 Å². The fourth-order valence-electron chi connectivity index (χ4n) is 0.876. The molecule has 0 radical (unpaired) electrons. The molecule has 14 heavy (non-hydrogen) atoms. The second-order valence-electron chi connectivity index (χ2n) is 2.50. The van der Waals surface area contributed by atoms with Gasteiger partial charge in [-0.1, -0.05) is 17.7 Å². The van der Waals surface area contributed by atoms with Crippen molar-refractivity contribution >= 4 is 24.0 Å². The predicted molar refractivity (Wildman–Crippen MR) is 58.1 cm³/mol. The van der Waals surface area contributed by atoms with Gasteiger partial charge in [0.2, 0.25) is 0 Å². The highest BCUT2D eigenvalue weighted by molar-refractivity contribution is 6.32. The molecule has 0 amide bonds. The minimum atomic E-state index is -0.427. The molecule has 1 rings (SSSR count). The van der Waals surface area contributed by atoms with Crippen LogP contribution in [-0.2, 0) is 0 Å². The van der Waals surface area contributed by atoms with Crippen molar-refractivity contribution in [1.29, 1.82) is 0 Å². The minimum absolute atomic E-state index is 0. The Kier molecular flexibility index (Phi) is 6.62. The average Bonchev–Trinajstić information content (AvgIpc) is 2.10. The van der Waals surface area contributed by atoms with Gasteiger partial charge in [0.05, 0.1) is 5.02 Å². The van der Waals surface area contributed by atoms with Crippen LogP contribution in [0, 0.1) is 5.82 Å². The molecular formula is C9H12Cl2FNO. The number of para-hydroxylation sites is 1. The highest BCUT2D eigenvalue weighted by atomic mass is 35.5. The molecule has 0 aromatic heterocycles. The third-order valence-corrected chi connectivity index (χ3v) is 1.82. The third kappa shape index (κ3) is 3.70. The first kappa shape index (κ1) is 13.5. The lowest BCUT2D eigenvalue weighted by Crippen LogP contribution is -2.16. The molecule has 0 saturated heterocycles. The van der Waals surface area contributed by atoms with Crippen molar-refractivity contribution < 1.29 is 9.13 Å². The van der Waals surface area contributed by atoms with Crippen molar-refractivity contribution in [3.63, 3.8) is 0 Å². The number of benzene rings is 1. The van der Waals surface area contributed by atoms with Crippen LogP contribution in [-0.4, -0.2) is 20.2 Å². The van der Waals surface area contributed by atoms with Gasteiger partial charge in [-0.25, -0.2) is 4.39 Å². The van der Waals surface area contributed by atoms with E-state index in [4.69, 9.17) is 16.3 Å². The molecule has 1 aromatic rings. The van der Waals surface area contributed by atoms with Crippen molar-refractivity contribution in [2.45, 2.75) is 0 Å². The first-order valence-corrected chi connectivity index (χ1v) is 4.35. The van der Waals surface area contributed by atoms with Gasteiger partial charge >= 0.3 is 0 Å². The van der Waals surface area contributed by atoms with Crippen LogP contribution in [0.4, 0.5) is 4.39 Å². The summed E-state index contributed by atoms with van der Waals surface area (Å²) in [6.45, 7) is 1.06. The molecule has 80 valence electrons. The maximum Gasteiger partial charge on any atom is 0.173 e. The van der Waals surface area contributed by atoms with E-state index in [2.05, 4.69) is 5.32 Å². The Bertz CT molecular complexity index is 263. The largest absolute Gasteiger partial charge is 0.488 e. The average molecular weight is 240 g/mol. The molecule has 0 heterocycles. The molecule has 0 aliphatic heterocycles. The summed E-state index contributed by atoms with van der Waals surface area (Å²) in [5, 5.41) is 3.19. The smallest absolute Gasteiger partial charge is 0.173 e. The van der Waals surface area contributed by atoms with E-state index in [0.29, 0.717) is 18.2 Å². The fraction of sp³-hybridized carbons (Fsp3) is 0.333. The molecule has 0 fully saturated rings. The summed E-state index contributed by atoms with van der Waals surface area (Å²) < 4.78 is 18.2. The van der Waals surface area contributed by atoms with Gasteiger partial charge in [0.25, 0.3) is 0 Å². The summed E-state index contributed by atoms with van der Waals surface area (Å²) in [6, 6.07) is 4.46. The number of rotatable bonds is 4. The van der Waals surface area contributed by atoms with Gasteiger partial charge in [0, 0.05) is 6.54 Å². The predicted octanol–water partition coefficient (Wildman–Crippen LogP) is 2.50. The molecule has 0 saturated carbocycles. The number of hydrogen-bond donors (Lipinski definition) is 1. The van der Waals surface area contributed by atoms with Crippen molar-refractivity contribution in [1.82, 2.24) is 5.32 Å². The van der Waals surface area contributed by atoms with Gasteiger partial charge in [0.15, 0.2) is 11.6 Å². The van der Waals surface area contributed by atoms with E-state index in [0.717, 1.165) is 0 Å². The normalized spacial score (nSPS) is 9.36. The third-order valence-electron chi connectivity index (χ3n) is 1.52. The highest BCUT2D eigenvalue weighted by Crippen LogP contribution is 2.26. The van der Waals surface area contributed by atoms with Crippen LogP contribution in [0.15, 0.2) is 18.2 Å². The standard InChI is InChI=1S/C9H11ClFNO.ClH/c1-12-5-6-13-9-7(10)3-2-4-8(9)11;/h2-4,12H,5-6H2,1H3;1H. The summed E-state index contributed by atoms with van der Waals surface area (Å²) in [5.41, 5.74) is 0. The molecule has 0 aliphatic carbocycles. The summed E-state index contributed by atoms with van der Waals surface area (Å²) in [6.07, 6.45) is 0. The molecule has 0 aliphatic rings. The van der Waals surface area contributed by atoms with Crippen LogP contribution in [0.5, 0.6) is 5.75 Å². The van der Waals surface area contributed by atoms with Crippen LogP contribution in [0.2, 0.25) is 5.02 Å². The van der Waals surface area contributed by atoms with E-state index in [1.165, 1.54) is 6.07 Å². The minimum Gasteiger partial charge on any atom is -0.488 e. The van der Waals surface area contributed by atoms with E-state index in [1.54, 1.807) is 19.2 Å². The van der Waals surface area contributed by atoms with Crippen molar-refractivity contribution in [2.75, 3.05) is 20.2 Å². The van der Waals surface area contributed by atoms with Crippen LogP contribution in [0.25, 0.3) is 0 Å². The monoisotopic (exact) mass is 239 g/mol. The zero-order valence-electron chi connectivity index (χ0n) is 7.72. The Balaban J connectivity index is 0.00000169. The maximum absolute atomic E-state index is 13.0. The quantitative estimate of drug-likeness (QED) is 0.816. The molecule has 2 nitrogen and oxygen atoms in total. The topological polar surface area (TPSA) is 21.3 Å². The van der Waals surface area contributed by atoms with E-state index in [1.807, 2.05) is 0 Å². The molecule has 0 bridgehead atoms. The van der Waals surface area contributed by atoms with Gasteiger partial charge in [-0.05, 0) is 19.2 Å². The maximum atomic E-state index is 13.0. The Morgan fingerprint density at radius 1 is 1.50 bits per heavy atom. The summed E-state index contributed by atoms with van der Waals surface area (Å²) in [4.78, 5) is 0. The van der Waals surface area contributed by atoms with Crippen LogP contribution in [0.3, 0.4) is 0 Å². The number of halogens is 3. The number of ether oxygens (including phenoxy) is 1. The Morgan fingerprint density at radius 2 is 2.21 bits per heavy atom. The molecule has 0 spiro atoms. The lowest BCUT2D eigenvalue weighted by Gasteiger charge is -2.07. The Morgan fingerprint density at radius 3 is 2.79 bits per heavy atom. The summed E-state index contributed by atoms with van der Waals surface area (Å²) >= 11 is 5.72.